The van der Waals surface area contributed by atoms with E-state index in [0.717, 1.165) is 32.1 Å². The van der Waals surface area contributed by atoms with E-state index in [1.54, 1.807) is 0 Å². The summed E-state index contributed by atoms with van der Waals surface area (Å²) >= 11 is 5.68. The van der Waals surface area contributed by atoms with Gasteiger partial charge in [0.25, 0.3) is 0 Å². The molecule has 0 saturated heterocycles. The van der Waals surface area contributed by atoms with Crippen LogP contribution in [0.5, 0.6) is 0 Å². The Morgan fingerprint density at radius 1 is 1.17 bits per heavy atom. The summed E-state index contributed by atoms with van der Waals surface area (Å²) < 4.78 is 0. The van der Waals surface area contributed by atoms with E-state index in [0.29, 0.717) is 5.88 Å². The Kier molecular flexibility index (Phi) is 6.20. The fourth-order valence-corrected chi connectivity index (χ4v) is 2.04. The molecule has 0 N–H and O–H groups in total. The van der Waals surface area contributed by atoms with Crippen molar-refractivity contribution in [3.05, 3.63) is 0 Å². The Morgan fingerprint density at radius 3 is 1.92 bits per heavy atom. The van der Waals surface area contributed by atoms with Crippen molar-refractivity contribution in [1.29, 1.82) is 5.26 Å². The lowest BCUT2D eigenvalue weighted by molar-refractivity contribution is 0.318. The van der Waals surface area contributed by atoms with Gasteiger partial charge in [-0.3, -0.25) is 0 Å². The van der Waals surface area contributed by atoms with Crippen molar-refractivity contribution in [3.8, 4) is 6.07 Å². The molecular formula is C10H18ClN. The van der Waals surface area contributed by atoms with Gasteiger partial charge in [0.2, 0.25) is 0 Å². The van der Waals surface area contributed by atoms with Gasteiger partial charge in [-0.05, 0) is 19.3 Å². The second-order valence-electron chi connectivity index (χ2n) is 3.33. The van der Waals surface area contributed by atoms with Gasteiger partial charge in [0.1, 0.15) is 0 Å². The fourth-order valence-electron chi connectivity index (χ4n) is 1.68. The maximum absolute atomic E-state index is 9.06. The lowest BCUT2D eigenvalue weighted by Gasteiger charge is -2.24. The van der Waals surface area contributed by atoms with E-state index in [4.69, 9.17) is 16.9 Å². The van der Waals surface area contributed by atoms with Crippen LogP contribution in [0.15, 0.2) is 0 Å². The summed E-state index contributed by atoms with van der Waals surface area (Å²) in [5.74, 6) is 0.605. The molecule has 70 valence electrons. The lowest BCUT2D eigenvalue weighted by atomic mass is 9.78. The van der Waals surface area contributed by atoms with Crippen LogP contribution in [0, 0.1) is 16.7 Å². The van der Waals surface area contributed by atoms with E-state index in [1.807, 2.05) is 0 Å². The first-order valence-electron chi connectivity index (χ1n) is 4.72. The number of hydrogen-bond acceptors (Lipinski definition) is 1. The van der Waals surface area contributed by atoms with Crippen LogP contribution in [0.25, 0.3) is 0 Å². The number of nitrogens with zero attached hydrogens (tertiary/aromatic N) is 1. The van der Waals surface area contributed by atoms with Gasteiger partial charge in [0, 0.05) is 5.88 Å². The summed E-state index contributed by atoms with van der Waals surface area (Å²) in [5.41, 5.74) is -0.134. The molecule has 0 aromatic carbocycles. The van der Waals surface area contributed by atoms with Crippen LogP contribution in [0.4, 0.5) is 0 Å². The number of halogens is 1. The average molecular weight is 188 g/mol. The topological polar surface area (TPSA) is 23.8 Å². The fraction of sp³-hybridized carbons (Fsp3) is 0.900. The third-order valence-corrected chi connectivity index (χ3v) is 2.46. The maximum Gasteiger partial charge on any atom is 0.0690 e. The quantitative estimate of drug-likeness (QED) is 0.582. The molecule has 2 heteroatoms. The van der Waals surface area contributed by atoms with Crippen molar-refractivity contribution >= 4 is 11.6 Å². The second kappa shape index (κ2) is 6.31. The van der Waals surface area contributed by atoms with Crippen molar-refractivity contribution in [3.63, 3.8) is 0 Å². The predicted octanol–water partition coefficient (Wildman–Crippen LogP) is 3.73. The highest BCUT2D eigenvalue weighted by atomic mass is 35.5. The van der Waals surface area contributed by atoms with Gasteiger partial charge >= 0.3 is 0 Å². The summed E-state index contributed by atoms with van der Waals surface area (Å²) in [6.45, 7) is 4.24. The van der Waals surface area contributed by atoms with Crippen LogP contribution >= 0.6 is 11.6 Å². The lowest BCUT2D eigenvalue weighted by Crippen LogP contribution is -2.18. The highest BCUT2D eigenvalue weighted by molar-refractivity contribution is 6.17. The molecule has 0 spiro atoms. The highest BCUT2D eigenvalue weighted by Crippen LogP contribution is 2.33. The van der Waals surface area contributed by atoms with Crippen LogP contribution in [-0.4, -0.2) is 5.88 Å². The molecule has 0 radical (unpaired) electrons. The zero-order valence-electron chi connectivity index (χ0n) is 8.07. The van der Waals surface area contributed by atoms with Crippen LogP contribution in [-0.2, 0) is 0 Å². The van der Waals surface area contributed by atoms with Crippen molar-refractivity contribution in [2.24, 2.45) is 5.41 Å². The summed E-state index contributed by atoms with van der Waals surface area (Å²) in [5, 5.41) is 9.06. The predicted molar refractivity (Wildman–Crippen MR) is 53.2 cm³/mol. The molecule has 1 nitrogen and oxygen atoms in total. The SMILES string of the molecule is CCCC(C#N)(CCC)CCCl. The standard InChI is InChI=1S/C10H18ClN/c1-3-5-10(9-12,6-4-2)7-8-11/h3-8H2,1-2H3. The van der Waals surface area contributed by atoms with Crippen LogP contribution in [0.3, 0.4) is 0 Å². The van der Waals surface area contributed by atoms with Gasteiger partial charge in [0.05, 0.1) is 11.5 Å². The second-order valence-corrected chi connectivity index (χ2v) is 3.71. The van der Waals surface area contributed by atoms with Gasteiger partial charge in [-0.1, -0.05) is 26.7 Å². The van der Waals surface area contributed by atoms with Crippen molar-refractivity contribution in [1.82, 2.24) is 0 Å². The molecule has 12 heavy (non-hydrogen) atoms. The largest absolute Gasteiger partial charge is 0.198 e. The van der Waals surface area contributed by atoms with E-state index < -0.39 is 0 Å². The first kappa shape index (κ1) is 11.8. The zero-order chi connectivity index (χ0) is 9.45. The summed E-state index contributed by atoms with van der Waals surface area (Å²) in [6.07, 6.45) is 4.97. The van der Waals surface area contributed by atoms with Gasteiger partial charge in [-0.25, -0.2) is 0 Å². The molecular weight excluding hydrogens is 170 g/mol. The molecule has 0 heterocycles. The molecule has 0 aromatic heterocycles. The van der Waals surface area contributed by atoms with Crippen LogP contribution in [0.2, 0.25) is 0 Å². The maximum atomic E-state index is 9.06. The van der Waals surface area contributed by atoms with E-state index >= 15 is 0 Å². The van der Waals surface area contributed by atoms with Crippen LogP contribution < -0.4 is 0 Å². The van der Waals surface area contributed by atoms with Gasteiger partial charge in [-0.15, -0.1) is 11.6 Å². The summed E-state index contributed by atoms with van der Waals surface area (Å²) in [7, 11) is 0. The summed E-state index contributed by atoms with van der Waals surface area (Å²) in [4.78, 5) is 0. The van der Waals surface area contributed by atoms with Crippen molar-refractivity contribution in [2.75, 3.05) is 5.88 Å². The Hall–Kier alpha value is -0.220. The average Bonchev–Trinajstić information content (AvgIpc) is 2.06. The van der Waals surface area contributed by atoms with E-state index in [-0.39, 0.29) is 5.41 Å². The first-order chi connectivity index (χ1) is 5.74. The molecule has 0 unspecified atom stereocenters. The minimum atomic E-state index is -0.134. The molecule has 0 rings (SSSR count). The number of hydrogen-bond donors (Lipinski definition) is 0. The molecule has 0 bridgehead atoms. The van der Waals surface area contributed by atoms with Gasteiger partial charge in [-0.2, -0.15) is 5.26 Å². The van der Waals surface area contributed by atoms with Crippen LogP contribution in [0.1, 0.15) is 46.0 Å². The minimum Gasteiger partial charge on any atom is -0.198 e. The molecule has 0 saturated carbocycles. The first-order valence-corrected chi connectivity index (χ1v) is 5.25. The molecule has 0 aromatic rings. The number of alkyl halides is 1. The molecule has 0 aliphatic carbocycles. The number of nitriles is 1. The Bertz CT molecular complexity index is 131. The van der Waals surface area contributed by atoms with E-state index in [1.165, 1.54) is 0 Å². The Morgan fingerprint density at radius 2 is 1.67 bits per heavy atom. The van der Waals surface area contributed by atoms with E-state index in [9.17, 15) is 0 Å². The summed E-state index contributed by atoms with van der Waals surface area (Å²) in [6, 6.07) is 2.43. The van der Waals surface area contributed by atoms with E-state index in [2.05, 4.69) is 19.9 Å². The Balaban J connectivity index is 4.19. The normalized spacial score (nSPS) is 11.2. The van der Waals surface area contributed by atoms with Gasteiger partial charge in [0.15, 0.2) is 0 Å². The molecule has 0 atom stereocenters. The Labute approximate surface area is 80.7 Å². The highest BCUT2D eigenvalue weighted by Gasteiger charge is 2.26. The smallest absolute Gasteiger partial charge is 0.0690 e. The van der Waals surface area contributed by atoms with Crippen molar-refractivity contribution in [2.45, 2.75) is 46.0 Å². The number of rotatable bonds is 6. The molecule has 0 amide bonds. The molecule has 0 fully saturated rings. The van der Waals surface area contributed by atoms with Crippen molar-refractivity contribution < 1.29 is 0 Å². The third kappa shape index (κ3) is 3.45. The van der Waals surface area contributed by atoms with Gasteiger partial charge < -0.3 is 0 Å². The zero-order valence-corrected chi connectivity index (χ0v) is 8.82. The monoisotopic (exact) mass is 187 g/mol. The molecule has 0 aliphatic heterocycles. The third-order valence-electron chi connectivity index (χ3n) is 2.27. The molecule has 0 aliphatic rings. The minimum absolute atomic E-state index is 0.134.